The van der Waals surface area contributed by atoms with Gasteiger partial charge in [-0.05, 0) is 47.4 Å². The lowest BCUT2D eigenvalue weighted by atomic mass is 9.87. The summed E-state index contributed by atoms with van der Waals surface area (Å²) >= 11 is 3.41. The minimum Gasteiger partial charge on any atom is -0.455 e. The number of nitrogens with zero attached hydrogens (tertiary/aromatic N) is 1. The molecule has 5 heteroatoms. The minimum absolute atomic E-state index is 0.0546. The molecule has 0 saturated carbocycles. The zero-order chi connectivity index (χ0) is 19.4. The Hall–Kier alpha value is -2.66. The fraction of sp³-hybridized carbons (Fsp3) is 0.182. The Bertz CT molecular complexity index is 949. The molecule has 4 nitrogen and oxygen atoms in total. The van der Waals surface area contributed by atoms with Crippen LogP contribution in [-0.4, -0.2) is 12.1 Å². The smallest absolute Gasteiger partial charge is 0.271 e. The predicted molar refractivity (Wildman–Crippen MR) is 112 cm³/mol. The number of furan rings is 1. The molecule has 0 saturated heterocycles. The van der Waals surface area contributed by atoms with E-state index in [9.17, 15) is 4.79 Å². The molecule has 3 aromatic rings. The number of rotatable bonds is 4. The second kappa shape index (κ2) is 7.92. The molecule has 0 spiro atoms. The summed E-state index contributed by atoms with van der Waals surface area (Å²) in [5.74, 6) is 1.05. The number of halogens is 1. The van der Waals surface area contributed by atoms with Crippen molar-refractivity contribution in [1.29, 1.82) is 0 Å². The molecule has 0 aliphatic heterocycles. The van der Waals surface area contributed by atoms with Crippen molar-refractivity contribution in [3.63, 3.8) is 0 Å². The number of amides is 1. The number of hydrazone groups is 1. The van der Waals surface area contributed by atoms with Crippen LogP contribution in [0.5, 0.6) is 0 Å². The van der Waals surface area contributed by atoms with Gasteiger partial charge in [-0.15, -0.1) is 0 Å². The Balaban J connectivity index is 1.62. The molecular formula is C22H21BrN2O2. The quantitative estimate of drug-likeness (QED) is 0.426. The van der Waals surface area contributed by atoms with E-state index in [1.807, 2.05) is 60.7 Å². The summed E-state index contributed by atoms with van der Waals surface area (Å²) in [6, 6.07) is 19.1. The molecule has 3 rings (SSSR count). The van der Waals surface area contributed by atoms with Gasteiger partial charge in [0.1, 0.15) is 11.5 Å². The topological polar surface area (TPSA) is 54.6 Å². The Morgan fingerprint density at radius 3 is 2.30 bits per heavy atom. The Kier molecular flexibility index (Phi) is 5.61. The molecule has 0 radical (unpaired) electrons. The molecule has 27 heavy (non-hydrogen) atoms. The van der Waals surface area contributed by atoms with E-state index >= 15 is 0 Å². The van der Waals surface area contributed by atoms with E-state index in [-0.39, 0.29) is 11.3 Å². The Labute approximate surface area is 167 Å². The third-order valence-electron chi connectivity index (χ3n) is 4.13. The number of nitrogens with one attached hydrogen (secondary N) is 1. The van der Waals surface area contributed by atoms with Gasteiger partial charge in [0.25, 0.3) is 5.91 Å². The molecule has 0 atom stereocenters. The third kappa shape index (κ3) is 4.95. The van der Waals surface area contributed by atoms with Crippen LogP contribution in [0.25, 0.3) is 11.3 Å². The maximum absolute atomic E-state index is 12.2. The van der Waals surface area contributed by atoms with Gasteiger partial charge in [-0.2, -0.15) is 5.10 Å². The van der Waals surface area contributed by atoms with Gasteiger partial charge in [0.05, 0.1) is 6.21 Å². The summed E-state index contributed by atoms with van der Waals surface area (Å²) in [5, 5.41) is 3.98. The summed E-state index contributed by atoms with van der Waals surface area (Å²) in [6.45, 7) is 6.41. The van der Waals surface area contributed by atoms with Crippen LogP contribution < -0.4 is 5.43 Å². The van der Waals surface area contributed by atoms with Crippen molar-refractivity contribution >= 4 is 28.1 Å². The molecule has 138 valence electrons. The van der Waals surface area contributed by atoms with E-state index in [1.165, 1.54) is 11.8 Å². The van der Waals surface area contributed by atoms with Crippen LogP contribution in [0.2, 0.25) is 0 Å². The molecule has 0 aliphatic carbocycles. The first-order valence-corrected chi connectivity index (χ1v) is 9.42. The highest BCUT2D eigenvalue weighted by molar-refractivity contribution is 9.10. The standard InChI is InChI=1S/C22H21BrN2O2/c1-22(2,3)17-8-4-16(5-9-17)21(26)25-24-14-19-12-13-20(27-19)15-6-10-18(23)11-7-15/h4-14H,1-3H3,(H,25,26). The first kappa shape index (κ1) is 19.1. The fourth-order valence-corrected chi connectivity index (χ4v) is 2.80. The highest BCUT2D eigenvalue weighted by atomic mass is 79.9. The molecule has 2 aromatic carbocycles. The highest BCUT2D eigenvalue weighted by Gasteiger charge is 2.14. The van der Waals surface area contributed by atoms with Crippen molar-refractivity contribution in [2.24, 2.45) is 5.10 Å². The van der Waals surface area contributed by atoms with Gasteiger partial charge in [0.15, 0.2) is 0 Å². The van der Waals surface area contributed by atoms with Gasteiger partial charge in [-0.1, -0.05) is 61.0 Å². The average Bonchev–Trinajstić information content (AvgIpc) is 3.10. The number of hydrogen-bond acceptors (Lipinski definition) is 3. The number of carbonyl (C=O) groups excluding carboxylic acids is 1. The van der Waals surface area contributed by atoms with Gasteiger partial charge in [0, 0.05) is 15.6 Å². The Morgan fingerprint density at radius 2 is 1.67 bits per heavy atom. The second-order valence-corrected chi connectivity index (χ2v) is 8.15. The number of carbonyl (C=O) groups is 1. The fourth-order valence-electron chi connectivity index (χ4n) is 2.53. The van der Waals surface area contributed by atoms with Crippen molar-refractivity contribution in [3.8, 4) is 11.3 Å². The van der Waals surface area contributed by atoms with Gasteiger partial charge in [-0.25, -0.2) is 5.43 Å². The second-order valence-electron chi connectivity index (χ2n) is 7.24. The molecule has 1 heterocycles. The van der Waals surface area contributed by atoms with Crippen LogP contribution in [0.1, 0.15) is 42.5 Å². The lowest BCUT2D eigenvalue weighted by Crippen LogP contribution is -2.18. The normalized spacial score (nSPS) is 11.7. The molecule has 0 aliphatic rings. The minimum atomic E-state index is -0.258. The Morgan fingerprint density at radius 1 is 1.00 bits per heavy atom. The average molecular weight is 425 g/mol. The van der Waals surface area contributed by atoms with Crippen LogP contribution in [0.3, 0.4) is 0 Å². The largest absolute Gasteiger partial charge is 0.455 e. The van der Waals surface area contributed by atoms with E-state index in [0.29, 0.717) is 11.3 Å². The number of benzene rings is 2. The van der Waals surface area contributed by atoms with Crippen molar-refractivity contribution in [2.75, 3.05) is 0 Å². The molecule has 1 aromatic heterocycles. The first-order valence-electron chi connectivity index (χ1n) is 8.63. The van der Waals surface area contributed by atoms with Crippen LogP contribution in [0, 0.1) is 0 Å². The predicted octanol–water partition coefficient (Wildman–Crippen LogP) is 5.77. The molecule has 1 amide bonds. The molecular weight excluding hydrogens is 404 g/mol. The summed E-state index contributed by atoms with van der Waals surface area (Å²) < 4.78 is 6.75. The van der Waals surface area contributed by atoms with Gasteiger partial charge < -0.3 is 4.42 Å². The maximum atomic E-state index is 12.2. The zero-order valence-corrected chi connectivity index (χ0v) is 17.1. The van der Waals surface area contributed by atoms with Crippen molar-refractivity contribution in [3.05, 3.63) is 82.0 Å². The van der Waals surface area contributed by atoms with Gasteiger partial charge >= 0.3 is 0 Å². The summed E-state index contributed by atoms with van der Waals surface area (Å²) in [4.78, 5) is 12.2. The van der Waals surface area contributed by atoms with Crippen LogP contribution >= 0.6 is 15.9 Å². The van der Waals surface area contributed by atoms with Crippen LogP contribution in [0.15, 0.2) is 74.7 Å². The first-order chi connectivity index (χ1) is 12.8. The van der Waals surface area contributed by atoms with Crippen molar-refractivity contribution < 1.29 is 9.21 Å². The molecule has 0 bridgehead atoms. The van der Waals surface area contributed by atoms with E-state index in [2.05, 4.69) is 47.2 Å². The number of hydrogen-bond donors (Lipinski definition) is 1. The SMILES string of the molecule is CC(C)(C)c1ccc(C(=O)NN=Cc2ccc(-c3ccc(Br)cc3)o2)cc1. The lowest BCUT2D eigenvalue weighted by molar-refractivity contribution is 0.0955. The molecule has 1 N–H and O–H groups in total. The van der Waals surface area contributed by atoms with E-state index < -0.39 is 0 Å². The molecule has 0 unspecified atom stereocenters. The van der Waals surface area contributed by atoms with Gasteiger partial charge in [-0.3, -0.25) is 4.79 Å². The monoisotopic (exact) mass is 424 g/mol. The van der Waals surface area contributed by atoms with E-state index in [0.717, 1.165) is 15.8 Å². The highest BCUT2D eigenvalue weighted by Crippen LogP contribution is 2.24. The van der Waals surface area contributed by atoms with E-state index in [4.69, 9.17) is 4.42 Å². The van der Waals surface area contributed by atoms with Gasteiger partial charge in [0.2, 0.25) is 0 Å². The van der Waals surface area contributed by atoms with Crippen LogP contribution in [-0.2, 0) is 5.41 Å². The zero-order valence-electron chi connectivity index (χ0n) is 15.5. The third-order valence-corrected chi connectivity index (χ3v) is 4.66. The lowest BCUT2D eigenvalue weighted by Gasteiger charge is -2.18. The summed E-state index contributed by atoms with van der Waals surface area (Å²) in [7, 11) is 0. The van der Waals surface area contributed by atoms with Crippen LogP contribution in [0.4, 0.5) is 0 Å². The van der Waals surface area contributed by atoms with Crippen molar-refractivity contribution in [1.82, 2.24) is 5.43 Å². The van der Waals surface area contributed by atoms with E-state index in [1.54, 1.807) is 0 Å². The van der Waals surface area contributed by atoms with Crippen molar-refractivity contribution in [2.45, 2.75) is 26.2 Å². The summed E-state index contributed by atoms with van der Waals surface area (Å²) in [5.41, 5.74) is 5.30. The maximum Gasteiger partial charge on any atom is 0.271 e. The molecule has 0 fully saturated rings. The summed E-state index contributed by atoms with van der Waals surface area (Å²) in [6.07, 6.45) is 1.49.